The van der Waals surface area contributed by atoms with Gasteiger partial charge in [-0.15, -0.1) is 0 Å². The van der Waals surface area contributed by atoms with Gasteiger partial charge in [-0.05, 0) is 17.7 Å². The lowest BCUT2D eigenvalue weighted by atomic mass is 10.1. The van der Waals surface area contributed by atoms with E-state index in [0.29, 0.717) is 6.54 Å². The topological polar surface area (TPSA) is 44.7 Å². The number of fused-ring (bicyclic) bond motifs is 1. The molecule has 2 unspecified atom stereocenters. The number of anilines is 1. The Kier molecular flexibility index (Phi) is 3.96. The van der Waals surface area contributed by atoms with Gasteiger partial charge in [0.1, 0.15) is 6.29 Å². The van der Waals surface area contributed by atoms with E-state index in [4.69, 9.17) is 4.99 Å². The maximum absolute atomic E-state index is 10.6. The van der Waals surface area contributed by atoms with E-state index < -0.39 is 0 Å². The molecule has 1 aromatic rings. The molecule has 4 nitrogen and oxygen atoms in total. The van der Waals surface area contributed by atoms with E-state index in [1.165, 1.54) is 16.5 Å². The summed E-state index contributed by atoms with van der Waals surface area (Å²) in [5.41, 5.74) is 2.32. The molecule has 0 bridgehead atoms. The zero-order chi connectivity index (χ0) is 13.9. The number of nitrogens with zero attached hydrogens (tertiary/aromatic N) is 2. The molecule has 0 saturated carbocycles. The molecule has 2 aliphatic rings. The first kappa shape index (κ1) is 13.5. The fourth-order valence-corrected chi connectivity index (χ4v) is 3.48. The first-order chi connectivity index (χ1) is 9.76. The molecule has 2 atom stereocenters. The molecule has 0 amide bonds. The molecule has 0 spiro atoms. The average Bonchev–Trinajstić information content (AvgIpc) is 3.06. The lowest BCUT2D eigenvalue weighted by Crippen LogP contribution is -2.21. The number of aldehydes is 1. The molecule has 2 heterocycles. The quantitative estimate of drug-likeness (QED) is 0.845. The van der Waals surface area contributed by atoms with Crippen LogP contribution in [0.5, 0.6) is 0 Å². The zero-order valence-electron chi connectivity index (χ0n) is 11.6. The van der Waals surface area contributed by atoms with Gasteiger partial charge in [-0.1, -0.05) is 30.8 Å². The number of thioether (sulfide) groups is 1. The third-order valence-corrected chi connectivity index (χ3v) is 4.69. The molecule has 106 valence electrons. The van der Waals surface area contributed by atoms with Gasteiger partial charge in [0.25, 0.3) is 0 Å². The van der Waals surface area contributed by atoms with Crippen molar-refractivity contribution < 1.29 is 4.79 Å². The molecule has 1 saturated heterocycles. The summed E-state index contributed by atoms with van der Waals surface area (Å²) in [4.78, 5) is 17.7. The smallest absolute Gasteiger partial charge is 0.160 e. The molecule has 1 fully saturated rings. The SMILES string of the molecule is CC(C=O)CNc1ccc(C2CN3CCSC3=N2)cc1. The number of amidine groups is 1. The molecule has 2 aliphatic heterocycles. The third-order valence-electron chi connectivity index (χ3n) is 3.68. The van der Waals surface area contributed by atoms with Crippen LogP contribution in [0.1, 0.15) is 18.5 Å². The largest absolute Gasteiger partial charge is 0.384 e. The highest BCUT2D eigenvalue weighted by molar-refractivity contribution is 8.14. The molecule has 1 aromatic carbocycles. The van der Waals surface area contributed by atoms with Gasteiger partial charge in [-0.3, -0.25) is 4.99 Å². The maximum atomic E-state index is 10.6. The minimum Gasteiger partial charge on any atom is -0.384 e. The molecular formula is C15H19N3OS. The van der Waals surface area contributed by atoms with Crippen molar-refractivity contribution in [3.05, 3.63) is 29.8 Å². The van der Waals surface area contributed by atoms with E-state index in [9.17, 15) is 4.79 Å². The van der Waals surface area contributed by atoms with Gasteiger partial charge in [-0.2, -0.15) is 0 Å². The van der Waals surface area contributed by atoms with E-state index in [2.05, 4.69) is 34.5 Å². The number of hydrogen-bond acceptors (Lipinski definition) is 5. The van der Waals surface area contributed by atoms with E-state index >= 15 is 0 Å². The van der Waals surface area contributed by atoms with Crippen LogP contribution in [0.15, 0.2) is 29.3 Å². The monoisotopic (exact) mass is 289 g/mol. The Morgan fingerprint density at radius 3 is 3.00 bits per heavy atom. The highest BCUT2D eigenvalue weighted by Gasteiger charge is 2.29. The fourth-order valence-electron chi connectivity index (χ4n) is 2.44. The molecule has 0 aromatic heterocycles. The molecular weight excluding hydrogens is 270 g/mol. The molecule has 0 aliphatic carbocycles. The van der Waals surface area contributed by atoms with Crippen LogP contribution in [-0.4, -0.2) is 41.7 Å². The second-order valence-corrected chi connectivity index (χ2v) is 6.40. The molecule has 0 radical (unpaired) electrons. The second-order valence-electron chi connectivity index (χ2n) is 5.34. The first-order valence-corrected chi connectivity index (χ1v) is 7.99. The van der Waals surface area contributed by atoms with Gasteiger partial charge in [-0.25, -0.2) is 0 Å². The Morgan fingerprint density at radius 1 is 1.50 bits per heavy atom. The van der Waals surface area contributed by atoms with Gasteiger partial charge >= 0.3 is 0 Å². The van der Waals surface area contributed by atoms with E-state index in [-0.39, 0.29) is 12.0 Å². The summed E-state index contributed by atoms with van der Waals surface area (Å²) in [6.45, 7) is 4.73. The molecule has 20 heavy (non-hydrogen) atoms. The fraction of sp³-hybridized carbons (Fsp3) is 0.467. The van der Waals surface area contributed by atoms with Gasteiger partial charge in [0.05, 0.1) is 6.04 Å². The number of benzene rings is 1. The Balaban J connectivity index is 1.62. The van der Waals surface area contributed by atoms with Crippen LogP contribution in [0, 0.1) is 5.92 Å². The number of aliphatic imine (C=N–C) groups is 1. The Labute approximate surface area is 123 Å². The summed E-state index contributed by atoms with van der Waals surface area (Å²) in [5.74, 6) is 1.21. The number of carbonyl (C=O) groups excluding carboxylic acids is 1. The summed E-state index contributed by atoms with van der Waals surface area (Å²) in [7, 11) is 0. The van der Waals surface area contributed by atoms with Gasteiger partial charge in [0, 0.05) is 37.0 Å². The predicted molar refractivity (Wildman–Crippen MR) is 84.4 cm³/mol. The van der Waals surface area contributed by atoms with Crippen molar-refractivity contribution in [1.82, 2.24) is 4.90 Å². The lowest BCUT2D eigenvalue weighted by Gasteiger charge is -2.14. The number of hydrogen-bond donors (Lipinski definition) is 1. The van der Waals surface area contributed by atoms with Crippen LogP contribution in [0.3, 0.4) is 0 Å². The van der Waals surface area contributed by atoms with Gasteiger partial charge in [0.2, 0.25) is 0 Å². The minimum atomic E-state index is 0.0418. The van der Waals surface area contributed by atoms with Crippen LogP contribution in [-0.2, 0) is 4.79 Å². The number of nitrogens with one attached hydrogen (secondary N) is 1. The zero-order valence-corrected chi connectivity index (χ0v) is 12.4. The molecule has 5 heteroatoms. The maximum Gasteiger partial charge on any atom is 0.160 e. The van der Waals surface area contributed by atoms with Crippen LogP contribution >= 0.6 is 11.8 Å². The van der Waals surface area contributed by atoms with Crippen molar-refractivity contribution in [2.24, 2.45) is 10.9 Å². The third kappa shape index (κ3) is 2.82. The van der Waals surface area contributed by atoms with Crippen LogP contribution in [0.4, 0.5) is 5.69 Å². The van der Waals surface area contributed by atoms with Crippen molar-refractivity contribution >= 4 is 28.9 Å². The summed E-state index contributed by atoms with van der Waals surface area (Å²) < 4.78 is 0. The van der Waals surface area contributed by atoms with E-state index in [0.717, 1.165) is 25.1 Å². The summed E-state index contributed by atoms with van der Waals surface area (Å²) in [5, 5.41) is 4.48. The van der Waals surface area contributed by atoms with Crippen molar-refractivity contribution in [3.63, 3.8) is 0 Å². The summed E-state index contributed by atoms with van der Waals surface area (Å²) in [6.07, 6.45) is 0.973. The number of rotatable bonds is 5. The second kappa shape index (κ2) is 5.87. The number of carbonyl (C=O) groups is 1. The Hall–Kier alpha value is -1.49. The Morgan fingerprint density at radius 2 is 2.30 bits per heavy atom. The van der Waals surface area contributed by atoms with Gasteiger partial charge < -0.3 is 15.0 Å². The highest BCUT2D eigenvalue weighted by Crippen LogP contribution is 2.32. The average molecular weight is 289 g/mol. The Bertz CT molecular complexity index is 514. The predicted octanol–water partition coefficient (Wildman–Crippen LogP) is 2.39. The standard InChI is InChI=1S/C15H19N3OS/c1-11(10-19)8-16-13-4-2-12(3-5-13)14-9-18-6-7-20-15(18)17-14/h2-5,10-11,14,16H,6-9H2,1H3. The van der Waals surface area contributed by atoms with E-state index in [1.807, 2.05) is 18.7 Å². The van der Waals surface area contributed by atoms with Crippen LogP contribution < -0.4 is 5.32 Å². The van der Waals surface area contributed by atoms with E-state index in [1.54, 1.807) is 0 Å². The van der Waals surface area contributed by atoms with Crippen LogP contribution in [0.2, 0.25) is 0 Å². The first-order valence-electron chi connectivity index (χ1n) is 7.01. The summed E-state index contributed by atoms with van der Waals surface area (Å²) >= 11 is 1.86. The highest BCUT2D eigenvalue weighted by atomic mass is 32.2. The summed E-state index contributed by atoms with van der Waals surface area (Å²) in [6, 6.07) is 8.69. The van der Waals surface area contributed by atoms with Gasteiger partial charge in [0.15, 0.2) is 5.17 Å². The lowest BCUT2D eigenvalue weighted by molar-refractivity contribution is -0.110. The van der Waals surface area contributed by atoms with Crippen LogP contribution in [0.25, 0.3) is 0 Å². The van der Waals surface area contributed by atoms with Crippen molar-refractivity contribution in [2.45, 2.75) is 13.0 Å². The molecule has 1 N–H and O–H groups in total. The minimum absolute atomic E-state index is 0.0418. The van der Waals surface area contributed by atoms with Crippen molar-refractivity contribution in [3.8, 4) is 0 Å². The molecule has 3 rings (SSSR count). The normalized spacial score (nSPS) is 22.4. The van der Waals surface area contributed by atoms with Crippen molar-refractivity contribution in [1.29, 1.82) is 0 Å². The van der Waals surface area contributed by atoms with Crippen molar-refractivity contribution in [2.75, 3.05) is 30.7 Å².